The highest BCUT2D eigenvalue weighted by atomic mass is 16.7. The second-order valence-electron chi connectivity index (χ2n) is 8.92. The van der Waals surface area contributed by atoms with Crippen molar-refractivity contribution in [2.24, 2.45) is 0 Å². The van der Waals surface area contributed by atoms with Gasteiger partial charge < -0.3 is 35.1 Å². The van der Waals surface area contributed by atoms with Gasteiger partial charge in [-0.1, -0.05) is 0 Å². The lowest BCUT2D eigenvalue weighted by molar-refractivity contribution is -0.0780. The maximum atomic E-state index is 12.3. The third kappa shape index (κ3) is 3.48. The molecule has 7 atom stereocenters. The Labute approximate surface area is 189 Å². The summed E-state index contributed by atoms with van der Waals surface area (Å²) in [6.45, 7) is -0.388. The SMILES string of the molecule is CN1[C@@H]2CC[C@H]1CC(OC(=O)OC[C@H]1O[C@@](C#N)(c3ccc4c(N)ncnn34)[C@H](O)[C@@H]1O)C2. The number of fused-ring (bicyclic) bond motifs is 3. The molecule has 3 fully saturated rings. The minimum Gasteiger partial charge on any atom is -0.431 e. The van der Waals surface area contributed by atoms with Gasteiger partial charge in [0.2, 0.25) is 5.60 Å². The Morgan fingerprint density at radius 3 is 2.79 bits per heavy atom. The van der Waals surface area contributed by atoms with Gasteiger partial charge in [0, 0.05) is 24.9 Å². The molecule has 33 heavy (non-hydrogen) atoms. The van der Waals surface area contributed by atoms with Crippen molar-refractivity contribution >= 4 is 17.5 Å². The van der Waals surface area contributed by atoms with Crippen LogP contribution in [0.3, 0.4) is 0 Å². The van der Waals surface area contributed by atoms with Crippen LogP contribution in [0.5, 0.6) is 0 Å². The molecule has 176 valence electrons. The Balaban J connectivity index is 1.26. The van der Waals surface area contributed by atoms with Crippen LogP contribution in [0.4, 0.5) is 10.6 Å². The fourth-order valence-corrected chi connectivity index (χ4v) is 5.33. The minimum atomic E-state index is -1.95. The number of piperidine rings is 1. The first-order valence-electron chi connectivity index (χ1n) is 10.9. The molecule has 0 radical (unpaired) electrons. The number of nitrogens with zero attached hydrogens (tertiary/aromatic N) is 5. The summed E-state index contributed by atoms with van der Waals surface area (Å²) in [5.41, 5.74) is 4.49. The molecule has 2 aromatic heterocycles. The summed E-state index contributed by atoms with van der Waals surface area (Å²) >= 11 is 0. The fourth-order valence-electron chi connectivity index (χ4n) is 5.33. The number of hydrogen-bond donors (Lipinski definition) is 3. The van der Waals surface area contributed by atoms with E-state index in [1.54, 1.807) is 6.07 Å². The number of hydrogen-bond acceptors (Lipinski definition) is 11. The van der Waals surface area contributed by atoms with E-state index < -0.39 is 30.1 Å². The lowest BCUT2D eigenvalue weighted by atomic mass is 9.92. The van der Waals surface area contributed by atoms with Crippen LogP contribution in [-0.4, -0.2) is 86.0 Å². The summed E-state index contributed by atoms with van der Waals surface area (Å²) in [7, 11) is 2.09. The largest absolute Gasteiger partial charge is 0.508 e. The number of nitrogens with two attached hydrogens (primary N) is 1. The van der Waals surface area contributed by atoms with Crippen molar-refractivity contribution in [2.75, 3.05) is 19.4 Å². The summed E-state index contributed by atoms with van der Waals surface area (Å²) < 4.78 is 17.8. The van der Waals surface area contributed by atoms with Crippen LogP contribution in [0.1, 0.15) is 31.4 Å². The van der Waals surface area contributed by atoms with E-state index in [0.29, 0.717) is 17.6 Å². The molecule has 5 heterocycles. The number of aliphatic hydroxyl groups is 2. The number of rotatable bonds is 4. The predicted octanol–water partition coefficient (Wildman–Crippen LogP) is -0.0706. The van der Waals surface area contributed by atoms with Crippen LogP contribution in [0.15, 0.2) is 18.5 Å². The summed E-state index contributed by atoms with van der Waals surface area (Å²) in [5.74, 6) is 0.183. The van der Waals surface area contributed by atoms with E-state index in [0.717, 1.165) is 25.7 Å². The van der Waals surface area contributed by atoms with Gasteiger partial charge in [0.05, 0.1) is 5.69 Å². The molecular weight excluding hydrogens is 432 g/mol. The number of aliphatic hydroxyl groups excluding tert-OH is 2. The summed E-state index contributed by atoms with van der Waals surface area (Å²) in [5, 5.41) is 35.3. The molecule has 0 spiro atoms. The lowest BCUT2D eigenvalue weighted by Crippen LogP contribution is -2.43. The molecule has 4 N–H and O–H groups in total. The number of nitriles is 1. The van der Waals surface area contributed by atoms with Crippen LogP contribution in [0.25, 0.3) is 5.52 Å². The van der Waals surface area contributed by atoms with Crippen molar-refractivity contribution in [2.45, 2.75) is 67.8 Å². The van der Waals surface area contributed by atoms with Crippen molar-refractivity contribution in [1.29, 1.82) is 5.26 Å². The van der Waals surface area contributed by atoms with Crippen LogP contribution in [-0.2, 0) is 19.8 Å². The van der Waals surface area contributed by atoms with E-state index in [1.165, 1.54) is 16.9 Å². The smallest absolute Gasteiger partial charge is 0.431 e. The monoisotopic (exact) mass is 458 g/mol. The quantitative estimate of drug-likeness (QED) is 0.524. The number of carbonyl (C=O) groups excluding carboxylic acids is 1. The van der Waals surface area contributed by atoms with Gasteiger partial charge in [-0.2, -0.15) is 10.4 Å². The molecule has 3 saturated heterocycles. The zero-order chi connectivity index (χ0) is 23.3. The van der Waals surface area contributed by atoms with Crippen molar-refractivity contribution < 1.29 is 29.2 Å². The summed E-state index contributed by atoms with van der Waals surface area (Å²) in [4.78, 5) is 18.5. The first-order chi connectivity index (χ1) is 15.8. The van der Waals surface area contributed by atoms with Gasteiger partial charge in [-0.3, -0.25) is 0 Å². The van der Waals surface area contributed by atoms with Crippen LogP contribution in [0.2, 0.25) is 0 Å². The molecule has 1 unspecified atom stereocenters. The maximum absolute atomic E-state index is 12.3. The number of carbonyl (C=O) groups is 1. The van der Waals surface area contributed by atoms with E-state index in [4.69, 9.17) is 19.9 Å². The average molecular weight is 458 g/mol. The fraction of sp³-hybridized carbons (Fsp3) is 0.619. The van der Waals surface area contributed by atoms with Gasteiger partial charge in [-0.15, -0.1) is 0 Å². The molecule has 3 aliphatic heterocycles. The molecule has 2 bridgehead atoms. The Bertz CT molecular complexity index is 1090. The average Bonchev–Trinajstić information content (AvgIpc) is 3.39. The molecule has 12 heteroatoms. The third-order valence-corrected chi connectivity index (χ3v) is 7.17. The highest BCUT2D eigenvalue weighted by Gasteiger charge is 2.58. The van der Waals surface area contributed by atoms with Gasteiger partial charge in [-0.05, 0) is 32.0 Å². The zero-order valence-electron chi connectivity index (χ0n) is 18.1. The Morgan fingerprint density at radius 1 is 1.36 bits per heavy atom. The van der Waals surface area contributed by atoms with E-state index in [9.17, 15) is 20.3 Å². The van der Waals surface area contributed by atoms with Gasteiger partial charge >= 0.3 is 6.16 Å². The summed E-state index contributed by atoms with van der Waals surface area (Å²) in [6, 6.07) is 5.86. The third-order valence-electron chi connectivity index (χ3n) is 7.17. The Kier molecular flexibility index (Phi) is 5.37. The van der Waals surface area contributed by atoms with Crippen LogP contribution in [0, 0.1) is 11.3 Å². The van der Waals surface area contributed by atoms with Crippen molar-refractivity contribution in [3.8, 4) is 6.07 Å². The normalized spacial score (nSPS) is 36.1. The molecule has 2 aromatic rings. The number of nitrogen functional groups attached to an aromatic ring is 1. The van der Waals surface area contributed by atoms with E-state index in [1.807, 2.05) is 6.07 Å². The highest BCUT2D eigenvalue weighted by molar-refractivity contribution is 5.66. The van der Waals surface area contributed by atoms with E-state index in [-0.39, 0.29) is 24.2 Å². The molecule has 3 aliphatic rings. The predicted molar refractivity (Wildman–Crippen MR) is 112 cm³/mol. The van der Waals surface area contributed by atoms with Crippen molar-refractivity contribution in [1.82, 2.24) is 19.5 Å². The van der Waals surface area contributed by atoms with Gasteiger partial charge in [0.1, 0.15) is 48.9 Å². The number of aromatic nitrogens is 3. The minimum absolute atomic E-state index is 0.174. The van der Waals surface area contributed by atoms with Gasteiger partial charge in [0.15, 0.2) is 5.82 Å². The van der Waals surface area contributed by atoms with Crippen LogP contribution < -0.4 is 5.73 Å². The van der Waals surface area contributed by atoms with Gasteiger partial charge in [-0.25, -0.2) is 14.3 Å². The van der Waals surface area contributed by atoms with Crippen molar-refractivity contribution in [3.05, 3.63) is 24.2 Å². The topological polar surface area (TPSA) is 168 Å². The lowest BCUT2D eigenvalue weighted by Gasteiger charge is -2.35. The molecule has 5 rings (SSSR count). The van der Waals surface area contributed by atoms with Crippen molar-refractivity contribution in [3.63, 3.8) is 0 Å². The molecule has 0 saturated carbocycles. The van der Waals surface area contributed by atoms with E-state index >= 15 is 0 Å². The molecule has 0 aromatic carbocycles. The Morgan fingerprint density at radius 2 is 2.09 bits per heavy atom. The number of anilines is 1. The molecule has 12 nitrogen and oxygen atoms in total. The maximum Gasteiger partial charge on any atom is 0.508 e. The van der Waals surface area contributed by atoms with Crippen LogP contribution >= 0.6 is 0 Å². The summed E-state index contributed by atoms with van der Waals surface area (Å²) in [6.07, 6.45) is -0.424. The number of ether oxygens (including phenoxy) is 3. The molecule has 0 aliphatic carbocycles. The van der Waals surface area contributed by atoms with Gasteiger partial charge in [0.25, 0.3) is 0 Å². The zero-order valence-corrected chi connectivity index (χ0v) is 18.1. The molecular formula is C21H26N6O6. The second kappa shape index (κ2) is 8.11. The standard InChI is InChI=1S/C21H26N6O6/c1-26-11-2-3-12(26)7-13(6-11)32-20(30)31-8-15-17(28)18(29)21(9-22,33-15)16-5-4-14-19(23)24-10-25-27(14)16/h4-5,10-13,15,17-18,28-29H,2-3,6-8H2,1H3,(H2,23,24,25)/t11-,12+,13?,15-,17-,18-,21+/m1/s1. The van der Waals surface area contributed by atoms with E-state index in [2.05, 4.69) is 22.0 Å². The molecule has 0 amide bonds. The first kappa shape index (κ1) is 21.8. The second-order valence-corrected chi connectivity index (χ2v) is 8.92. The highest BCUT2D eigenvalue weighted by Crippen LogP contribution is 2.40. The Hall–Kier alpha value is -2.98. The first-order valence-corrected chi connectivity index (χ1v) is 10.9.